The Morgan fingerprint density at radius 3 is 2.76 bits per heavy atom. The molecule has 5 nitrogen and oxygen atoms in total. The molecule has 0 atom stereocenters. The highest BCUT2D eigenvalue weighted by atomic mass is 32.3. The molecule has 8 heteroatoms. The lowest BCUT2D eigenvalue weighted by molar-refractivity contribution is 0.340. The van der Waals surface area contributed by atoms with E-state index in [9.17, 15) is 8.42 Å². The highest BCUT2D eigenvalue weighted by Gasteiger charge is 2.17. The largest absolute Gasteiger partial charge is 0.368 e. The van der Waals surface area contributed by atoms with Gasteiger partial charge in [0.25, 0.3) is 0 Å². The van der Waals surface area contributed by atoms with Crippen LogP contribution in [0.15, 0.2) is 51.1 Å². The molecule has 0 aliphatic carbocycles. The molecule has 0 saturated carbocycles. The Labute approximate surface area is 129 Å². The highest BCUT2D eigenvalue weighted by molar-refractivity contribution is 7.88. The van der Waals surface area contributed by atoms with E-state index in [1.165, 1.54) is 17.4 Å². The maximum Gasteiger partial charge on any atom is 0.368 e. The van der Waals surface area contributed by atoms with Crippen LogP contribution in [0.2, 0.25) is 0 Å². The number of hydrogen-bond donors (Lipinski definition) is 0. The normalized spacial score (nSPS) is 12.7. The lowest BCUT2D eigenvalue weighted by atomic mass is 10.3. The molecule has 0 radical (unpaired) electrons. The van der Waals surface area contributed by atoms with Gasteiger partial charge in [0.05, 0.1) is 10.2 Å². The molecule has 3 rings (SSSR count). The molecule has 0 fully saturated rings. The van der Waals surface area contributed by atoms with Crippen molar-refractivity contribution in [3.8, 4) is 0 Å². The molecular weight excluding hydrogens is 328 g/mol. The van der Waals surface area contributed by atoms with Crippen LogP contribution in [0.25, 0.3) is 10.2 Å². The van der Waals surface area contributed by atoms with Crippen LogP contribution in [-0.4, -0.2) is 19.1 Å². The van der Waals surface area contributed by atoms with E-state index in [1.807, 2.05) is 24.3 Å². The van der Waals surface area contributed by atoms with E-state index in [-0.39, 0.29) is 4.21 Å². The number of fused-ring (bicyclic) bond motifs is 1. The zero-order valence-electron chi connectivity index (χ0n) is 10.9. The van der Waals surface area contributed by atoms with Gasteiger partial charge in [-0.05, 0) is 30.5 Å². The summed E-state index contributed by atoms with van der Waals surface area (Å²) >= 11 is 2.53. The lowest BCUT2D eigenvalue weighted by Crippen LogP contribution is -2.03. The van der Waals surface area contributed by atoms with Crippen molar-refractivity contribution in [3.63, 3.8) is 0 Å². The zero-order chi connectivity index (χ0) is 14.9. The van der Waals surface area contributed by atoms with Crippen LogP contribution in [0.4, 0.5) is 0 Å². The zero-order valence-corrected chi connectivity index (χ0v) is 13.3. The molecule has 1 aromatic carbocycles. The van der Waals surface area contributed by atoms with Crippen LogP contribution in [0.1, 0.15) is 11.9 Å². The van der Waals surface area contributed by atoms with Gasteiger partial charge in [-0.1, -0.05) is 23.4 Å². The summed E-state index contributed by atoms with van der Waals surface area (Å²) in [5.74, 6) is 0. The first-order valence-electron chi connectivity index (χ1n) is 5.94. The van der Waals surface area contributed by atoms with Gasteiger partial charge in [-0.2, -0.15) is 8.42 Å². The molecule has 0 aliphatic heterocycles. The third-order valence-electron chi connectivity index (χ3n) is 2.62. The van der Waals surface area contributed by atoms with Gasteiger partial charge in [-0.15, -0.1) is 22.7 Å². The summed E-state index contributed by atoms with van der Waals surface area (Å²) in [7, 11) is -3.84. The number of thiophene rings is 1. The van der Waals surface area contributed by atoms with E-state index in [4.69, 9.17) is 4.28 Å². The fraction of sp³-hybridized carbons (Fsp3) is 0.0769. The summed E-state index contributed by atoms with van der Waals surface area (Å²) in [4.78, 5) is 4.39. The first kappa shape index (κ1) is 14.2. The van der Waals surface area contributed by atoms with Crippen LogP contribution >= 0.6 is 22.7 Å². The van der Waals surface area contributed by atoms with E-state index in [2.05, 4.69) is 10.1 Å². The van der Waals surface area contributed by atoms with Crippen molar-refractivity contribution >= 4 is 48.7 Å². The van der Waals surface area contributed by atoms with Gasteiger partial charge in [0.1, 0.15) is 10.7 Å². The number of oxime groups is 1. The Morgan fingerprint density at radius 1 is 1.24 bits per heavy atom. The fourth-order valence-electron chi connectivity index (χ4n) is 1.61. The Morgan fingerprint density at radius 2 is 2.05 bits per heavy atom. The number of rotatable bonds is 4. The van der Waals surface area contributed by atoms with Crippen molar-refractivity contribution in [2.75, 3.05) is 0 Å². The minimum atomic E-state index is -3.84. The van der Waals surface area contributed by atoms with Crippen molar-refractivity contribution < 1.29 is 12.7 Å². The maximum atomic E-state index is 11.9. The molecule has 0 N–H and O–H groups in total. The summed E-state index contributed by atoms with van der Waals surface area (Å²) in [6.07, 6.45) is 0. The smallest absolute Gasteiger partial charge is 0.264 e. The van der Waals surface area contributed by atoms with Crippen molar-refractivity contribution in [1.82, 2.24) is 4.98 Å². The third-order valence-corrected chi connectivity index (χ3v) is 6.22. The molecule has 2 heterocycles. The predicted molar refractivity (Wildman–Crippen MR) is 84.4 cm³/mol. The standard InChI is InChI=1S/C13H10N2O3S3/c1-9(13-14-10-5-2-3-6-11(10)20-13)15-18-21(16,17)12-7-4-8-19-12/h2-8H,1H3/b15-9-. The fourth-order valence-corrected chi connectivity index (χ4v) is 4.22. The van der Waals surface area contributed by atoms with Gasteiger partial charge in [0.2, 0.25) is 0 Å². The third kappa shape index (κ3) is 2.97. The number of nitrogens with zero attached hydrogens (tertiary/aromatic N) is 2. The van der Waals surface area contributed by atoms with E-state index in [1.54, 1.807) is 18.4 Å². The average molecular weight is 338 g/mol. The SMILES string of the molecule is C/C(=N/OS(=O)(=O)c1cccs1)c1nc2ccccc2s1. The minimum absolute atomic E-state index is 0.128. The van der Waals surface area contributed by atoms with Crippen molar-refractivity contribution in [2.24, 2.45) is 5.16 Å². The number of benzene rings is 1. The van der Waals surface area contributed by atoms with E-state index in [0.717, 1.165) is 21.6 Å². The van der Waals surface area contributed by atoms with Crippen LogP contribution in [0.3, 0.4) is 0 Å². The minimum Gasteiger partial charge on any atom is -0.264 e. The van der Waals surface area contributed by atoms with E-state index >= 15 is 0 Å². The van der Waals surface area contributed by atoms with Crippen molar-refractivity contribution in [3.05, 3.63) is 46.8 Å². The molecule has 2 aromatic heterocycles. The first-order chi connectivity index (χ1) is 10.1. The second-order valence-corrected chi connectivity index (χ2v) is 7.86. The van der Waals surface area contributed by atoms with Gasteiger partial charge >= 0.3 is 10.1 Å². The molecule has 0 saturated heterocycles. The van der Waals surface area contributed by atoms with Gasteiger partial charge < -0.3 is 0 Å². The molecule has 0 bridgehead atoms. The molecular formula is C13H10N2O3S3. The maximum absolute atomic E-state index is 11.9. The summed E-state index contributed by atoms with van der Waals surface area (Å²) in [5.41, 5.74) is 1.28. The van der Waals surface area contributed by atoms with Crippen LogP contribution < -0.4 is 0 Å². The van der Waals surface area contributed by atoms with E-state index < -0.39 is 10.1 Å². The average Bonchev–Trinajstić information content (AvgIpc) is 3.13. The summed E-state index contributed by atoms with van der Waals surface area (Å²) in [5, 5.41) is 6.00. The Kier molecular flexibility index (Phi) is 3.75. The van der Waals surface area contributed by atoms with E-state index in [0.29, 0.717) is 10.7 Å². The van der Waals surface area contributed by atoms with Crippen LogP contribution in [-0.2, 0) is 14.4 Å². The molecule has 0 unspecified atom stereocenters. The summed E-state index contributed by atoms with van der Waals surface area (Å²) in [6, 6.07) is 10.8. The molecule has 0 spiro atoms. The molecule has 21 heavy (non-hydrogen) atoms. The molecule has 3 aromatic rings. The number of thiazole rings is 1. The predicted octanol–water partition coefficient (Wildman–Crippen LogP) is 3.49. The number of para-hydroxylation sites is 1. The topological polar surface area (TPSA) is 68.6 Å². The van der Waals surface area contributed by atoms with Gasteiger partial charge in [-0.3, -0.25) is 4.28 Å². The van der Waals surface area contributed by atoms with Gasteiger partial charge in [0, 0.05) is 0 Å². The van der Waals surface area contributed by atoms with Gasteiger partial charge in [-0.25, -0.2) is 4.98 Å². The first-order valence-corrected chi connectivity index (χ1v) is 9.04. The second-order valence-electron chi connectivity index (χ2n) is 4.12. The summed E-state index contributed by atoms with van der Waals surface area (Å²) in [6.45, 7) is 1.67. The van der Waals surface area contributed by atoms with Crippen molar-refractivity contribution in [2.45, 2.75) is 11.1 Å². The molecule has 108 valence electrons. The lowest BCUT2D eigenvalue weighted by Gasteiger charge is -1.98. The quantitative estimate of drug-likeness (QED) is 0.539. The van der Waals surface area contributed by atoms with Crippen LogP contribution in [0, 0.1) is 0 Å². The molecule has 0 amide bonds. The Bertz CT molecular complexity index is 863. The number of aromatic nitrogens is 1. The Hall–Kier alpha value is -1.77. The van der Waals surface area contributed by atoms with Gasteiger partial charge in [0.15, 0.2) is 4.21 Å². The van der Waals surface area contributed by atoms with Crippen LogP contribution in [0.5, 0.6) is 0 Å². The second kappa shape index (κ2) is 5.55. The Balaban J connectivity index is 1.86. The van der Waals surface area contributed by atoms with Crippen molar-refractivity contribution in [1.29, 1.82) is 0 Å². The summed E-state index contributed by atoms with van der Waals surface area (Å²) < 4.78 is 29.6. The monoisotopic (exact) mass is 338 g/mol. The number of hydrogen-bond acceptors (Lipinski definition) is 7. The highest BCUT2D eigenvalue weighted by Crippen LogP contribution is 2.23. The molecule has 0 aliphatic rings.